The van der Waals surface area contributed by atoms with Gasteiger partial charge in [-0.15, -0.1) is 0 Å². The molecule has 1 aliphatic rings. The van der Waals surface area contributed by atoms with E-state index in [0.29, 0.717) is 49.0 Å². The Kier molecular flexibility index (Phi) is 8.62. The van der Waals surface area contributed by atoms with Crippen LogP contribution in [0.15, 0.2) is 54.6 Å². The van der Waals surface area contributed by atoms with Gasteiger partial charge in [-0.2, -0.15) is 5.10 Å². The van der Waals surface area contributed by atoms with Crippen LogP contribution in [-0.4, -0.2) is 51.7 Å². The van der Waals surface area contributed by atoms with Crippen molar-refractivity contribution in [3.05, 3.63) is 70.9 Å². The number of hydrogen-bond donors (Lipinski definition) is 1. The number of halogens is 1. The largest absolute Gasteiger partial charge is 0.439 e. The molecule has 1 saturated carbocycles. The highest BCUT2D eigenvalue weighted by molar-refractivity contribution is 6.30. The predicted molar refractivity (Wildman–Crippen MR) is 135 cm³/mol. The second-order valence-electron chi connectivity index (χ2n) is 8.92. The van der Waals surface area contributed by atoms with Crippen molar-refractivity contribution >= 4 is 11.6 Å². The first-order valence-corrected chi connectivity index (χ1v) is 12.5. The van der Waals surface area contributed by atoms with Gasteiger partial charge in [0.1, 0.15) is 5.75 Å². The van der Waals surface area contributed by atoms with Gasteiger partial charge in [0, 0.05) is 30.8 Å². The molecule has 3 aromatic rings. The van der Waals surface area contributed by atoms with Crippen LogP contribution in [0.2, 0.25) is 5.02 Å². The van der Waals surface area contributed by atoms with Gasteiger partial charge in [0.05, 0.1) is 29.7 Å². The minimum absolute atomic E-state index is 0.361. The molecule has 1 aliphatic carbocycles. The zero-order valence-corrected chi connectivity index (χ0v) is 20.7. The summed E-state index contributed by atoms with van der Waals surface area (Å²) in [6, 6.07) is 17.8. The zero-order chi connectivity index (χ0) is 23.9. The van der Waals surface area contributed by atoms with Gasteiger partial charge in [-0.25, -0.2) is 4.68 Å². The molecule has 0 radical (unpaired) electrons. The van der Waals surface area contributed by atoms with Crippen molar-refractivity contribution in [3.63, 3.8) is 0 Å². The summed E-state index contributed by atoms with van der Waals surface area (Å²) in [6.45, 7) is 6.42. The summed E-state index contributed by atoms with van der Waals surface area (Å²) in [4.78, 5) is 2.34. The first kappa shape index (κ1) is 24.7. The molecule has 1 aromatic heterocycles. The summed E-state index contributed by atoms with van der Waals surface area (Å²) in [6.07, 6.45) is 3.86. The molecule has 6 nitrogen and oxygen atoms in total. The highest BCUT2D eigenvalue weighted by atomic mass is 35.5. The Hall–Kier alpha value is -2.38. The van der Waals surface area contributed by atoms with Crippen LogP contribution in [-0.2, 0) is 11.3 Å². The summed E-state index contributed by atoms with van der Waals surface area (Å²) < 4.78 is 13.9. The number of aryl methyl sites for hydroxylation is 1. The van der Waals surface area contributed by atoms with Crippen LogP contribution in [0.4, 0.5) is 0 Å². The van der Waals surface area contributed by atoms with E-state index in [1.54, 1.807) is 0 Å². The molecule has 0 unspecified atom stereocenters. The normalized spacial score (nSPS) is 14.5. The first-order valence-electron chi connectivity index (χ1n) is 12.1. The number of nitrogens with zero attached hydrogens (tertiary/aromatic N) is 3. The SMILES string of the molecule is CCCCOC[C@@H](O)CN(Cc1c(C)nn(-c2ccccc2)c1Oc1ccc(Cl)cc1)C1CC1. The van der Waals surface area contributed by atoms with Crippen molar-refractivity contribution in [2.75, 3.05) is 19.8 Å². The molecule has 4 rings (SSSR count). The van der Waals surface area contributed by atoms with E-state index in [-0.39, 0.29) is 0 Å². The van der Waals surface area contributed by atoms with Gasteiger partial charge < -0.3 is 14.6 Å². The smallest absolute Gasteiger partial charge is 0.227 e. The molecular weight excluding hydrogens is 450 g/mol. The standard InChI is InChI=1S/C27H34ClN3O3/c1-3-4-16-33-19-24(32)17-30(22-12-13-22)18-26-20(2)29-31(23-8-6-5-7-9-23)27(26)34-25-14-10-21(28)11-15-25/h5-11,14-15,22,24,32H,3-4,12-13,16-19H2,1-2H3/t24-/m0/s1. The van der Waals surface area contributed by atoms with Crippen LogP contribution in [0.25, 0.3) is 5.69 Å². The number of para-hydroxylation sites is 1. The zero-order valence-electron chi connectivity index (χ0n) is 20.0. The van der Waals surface area contributed by atoms with Crippen LogP contribution in [0.3, 0.4) is 0 Å². The van der Waals surface area contributed by atoms with Crippen molar-refractivity contribution in [1.82, 2.24) is 14.7 Å². The topological polar surface area (TPSA) is 59.8 Å². The third-order valence-electron chi connectivity index (χ3n) is 5.99. The van der Waals surface area contributed by atoms with Gasteiger partial charge >= 0.3 is 0 Å². The Balaban J connectivity index is 1.58. The second-order valence-corrected chi connectivity index (χ2v) is 9.35. The number of rotatable bonds is 13. The van der Waals surface area contributed by atoms with Gasteiger partial charge in [-0.1, -0.05) is 43.1 Å². The van der Waals surface area contributed by atoms with Gasteiger partial charge in [0.25, 0.3) is 0 Å². The first-order chi connectivity index (χ1) is 16.5. The monoisotopic (exact) mass is 483 g/mol. The minimum atomic E-state index is -0.525. The van der Waals surface area contributed by atoms with Crippen LogP contribution in [0.1, 0.15) is 43.9 Å². The third-order valence-corrected chi connectivity index (χ3v) is 6.24. The molecule has 1 N–H and O–H groups in total. The van der Waals surface area contributed by atoms with Gasteiger partial charge in [0.15, 0.2) is 0 Å². The fourth-order valence-electron chi connectivity index (χ4n) is 3.96. The summed E-state index contributed by atoms with van der Waals surface area (Å²) in [5, 5.41) is 16.1. The molecule has 1 fully saturated rings. The lowest BCUT2D eigenvalue weighted by Crippen LogP contribution is -2.36. The average Bonchev–Trinajstić information content (AvgIpc) is 3.65. The lowest BCUT2D eigenvalue weighted by atomic mass is 10.2. The molecular formula is C27H34ClN3O3. The quantitative estimate of drug-likeness (QED) is 0.313. The Morgan fingerprint density at radius 2 is 1.88 bits per heavy atom. The second kappa shape index (κ2) is 11.8. The van der Waals surface area contributed by atoms with Gasteiger partial charge in [-0.3, -0.25) is 4.90 Å². The number of benzene rings is 2. The summed E-state index contributed by atoms with van der Waals surface area (Å²) in [5.74, 6) is 1.38. The lowest BCUT2D eigenvalue weighted by molar-refractivity contribution is 0.0127. The van der Waals surface area contributed by atoms with Crippen molar-refractivity contribution in [2.24, 2.45) is 0 Å². The lowest BCUT2D eigenvalue weighted by Gasteiger charge is -2.25. The predicted octanol–water partition coefficient (Wildman–Crippen LogP) is 5.77. The number of aliphatic hydroxyl groups excluding tert-OH is 1. The van der Waals surface area contributed by atoms with E-state index < -0.39 is 6.10 Å². The molecule has 0 bridgehead atoms. The molecule has 0 amide bonds. The van der Waals surface area contributed by atoms with Gasteiger partial charge in [-0.05, 0) is 62.6 Å². The van der Waals surface area contributed by atoms with Crippen molar-refractivity contribution in [3.8, 4) is 17.3 Å². The number of unbranched alkanes of at least 4 members (excludes halogenated alkanes) is 1. The van der Waals surface area contributed by atoms with E-state index in [1.807, 2.05) is 66.2 Å². The number of hydrogen-bond acceptors (Lipinski definition) is 5. The summed E-state index contributed by atoms with van der Waals surface area (Å²) in [7, 11) is 0. The van der Waals surface area contributed by atoms with E-state index >= 15 is 0 Å². The summed E-state index contributed by atoms with van der Waals surface area (Å²) in [5.41, 5.74) is 2.86. The number of ether oxygens (including phenoxy) is 2. The molecule has 34 heavy (non-hydrogen) atoms. The van der Waals surface area contributed by atoms with Crippen molar-refractivity contribution in [1.29, 1.82) is 0 Å². The number of aliphatic hydroxyl groups is 1. The van der Waals surface area contributed by atoms with Crippen molar-refractivity contribution in [2.45, 2.75) is 58.2 Å². The van der Waals surface area contributed by atoms with Crippen LogP contribution >= 0.6 is 11.6 Å². The number of aromatic nitrogens is 2. The Morgan fingerprint density at radius 1 is 1.15 bits per heavy atom. The van der Waals surface area contributed by atoms with E-state index in [4.69, 9.17) is 26.2 Å². The van der Waals surface area contributed by atoms with E-state index in [0.717, 1.165) is 42.6 Å². The Labute approximate surface area is 207 Å². The summed E-state index contributed by atoms with van der Waals surface area (Å²) >= 11 is 6.08. The van der Waals surface area contributed by atoms with E-state index in [9.17, 15) is 5.11 Å². The van der Waals surface area contributed by atoms with Crippen LogP contribution in [0, 0.1) is 6.92 Å². The third kappa shape index (κ3) is 6.60. The molecule has 2 aromatic carbocycles. The molecule has 1 atom stereocenters. The molecule has 1 heterocycles. The van der Waals surface area contributed by atoms with Crippen LogP contribution < -0.4 is 4.74 Å². The fourth-order valence-corrected chi connectivity index (χ4v) is 4.08. The van der Waals surface area contributed by atoms with E-state index in [1.165, 1.54) is 0 Å². The Morgan fingerprint density at radius 3 is 2.56 bits per heavy atom. The maximum Gasteiger partial charge on any atom is 0.227 e. The molecule has 7 heteroatoms. The van der Waals surface area contributed by atoms with E-state index in [2.05, 4.69) is 11.8 Å². The average molecular weight is 484 g/mol. The highest BCUT2D eigenvalue weighted by Crippen LogP contribution is 2.35. The molecule has 0 spiro atoms. The van der Waals surface area contributed by atoms with Crippen molar-refractivity contribution < 1.29 is 14.6 Å². The maximum atomic E-state index is 10.6. The Bertz CT molecular complexity index is 1040. The van der Waals surface area contributed by atoms with Crippen LogP contribution in [0.5, 0.6) is 11.6 Å². The molecule has 0 aliphatic heterocycles. The fraction of sp³-hybridized carbons (Fsp3) is 0.444. The maximum absolute atomic E-state index is 10.6. The highest BCUT2D eigenvalue weighted by Gasteiger charge is 2.32. The molecule has 0 saturated heterocycles. The van der Waals surface area contributed by atoms with Gasteiger partial charge in [0.2, 0.25) is 5.88 Å². The minimum Gasteiger partial charge on any atom is -0.439 e. The molecule has 182 valence electrons.